The van der Waals surface area contributed by atoms with Gasteiger partial charge in [0.15, 0.2) is 0 Å². The van der Waals surface area contributed by atoms with Crippen molar-refractivity contribution in [3.05, 3.63) is 18.2 Å². The van der Waals surface area contributed by atoms with Gasteiger partial charge in [0.1, 0.15) is 12.1 Å². The number of aromatic nitrogens is 2. The van der Waals surface area contributed by atoms with Gasteiger partial charge in [-0.3, -0.25) is 19.2 Å². The number of hydrogen-bond donors (Lipinski definition) is 7. The summed E-state index contributed by atoms with van der Waals surface area (Å²) in [6, 6.07) is -3.78. The quantitative estimate of drug-likeness (QED) is 0.181. The second-order valence-corrected chi connectivity index (χ2v) is 6.29. The molecule has 13 nitrogen and oxygen atoms in total. The number of rotatable bonds is 13. The van der Waals surface area contributed by atoms with E-state index < -0.39 is 47.8 Å². The Bertz CT molecular complexity index is 736. The van der Waals surface area contributed by atoms with E-state index in [0.717, 1.165) is 0 Å². The summed E-state index contributed by atoms with van der Waals surface area (Å²) in [5, 5.41) is 22.5. The number of aromatic amines is 1. The van der Waals surface area contributed by atoms with E-state index in [2.05, 4.69) is 20.6 Å². The molecule has 1 aromatic heterocycles. The van der Waals surface area contributed by atoms with Gasteiger partial charge in [0.25, 0.3) is 0 Å². The van der Waals surface area contributed by atoms with Crippen LogP contribution < -0.4 is 22.1 Å². The van der Waals surface area contributed by atoms with E-state index in [0.29, 0.717) is 5.69 Å². The average molecular weight is 412 g/mol. The third-order valence-corrected chi connectivity index (χ3v) is 3.91. The number of carbonyl (C=O) groups excluding carboxylic acids is 3. The first-order valence-corrected chi connectivity index (χ1v) is 8.66. The van der Waals surface area contributed by atoms with E-state index in [4.69, 9.17) is 16.6 Å². The third kappa shape index (κ3) is 8.83. The minimum Gasteiger partial charge on any atom is -0.481 e. The van der Waals surface area contributed by atoms with Crippen LogP contribution >= 0.6 is 0 Å². The molecule has 13 heteroatoms. The van der Waals surface area contributed by atoms with Gasteiger partial charge in [-0.05, 0) is 12.8 Å². The lowest BCUT2D eigenvalue weighted by Gasteiger charge is -2.22. The monoisotopic (exact) mass is 412 g/mol. The van der Waals surface area contributed by atoms with Crippen LogP contribution in [0, 0.1) is 0 Å². The Labute approximate surface area is 165 Å². The molecule has 9 N–H and O–H groups in total. The number of carboxylic acids is 2. The molecule has 0 saturated carbocycles. The van der Waals surface area contributed by atoms with Crippen LogP contribution in [0.15, 0.2) is 12.5 Å². The maximum absolute atomic E-state index is 12.6. The molecule has 0 aliphatic rings. The van der Waals surface area contributed by atoms with Crippen LogP contribution in [0.5, 0.6) is 0 Å². The summed E-state index contributed by atoms with van der Waals surface area (Å²) in [6.45, 7) is 0. The number of H-pyrrole nitrogens is 1. The number of imidazole rings is 1. The first-order valence-electron chi connectivity index (χ1n) is 8.66. The molecule has 0 spiro atoms. The molecule has 0 saturated heterocycles. The van der Waals surface area contributed by atoms with Gasteiger partial charge in [-0.25, -0.2) is 9.78 Å². The van der Waals surface area contributed by atoms with Gasteiger partial charge in [0, 0.05) is 31.2 Å². The maximum Gasteiger partial charge on any atom is 0.326 e. The van der Waals surface area contributed by atoms with Crippen molar-refractivity contribution in [2.45, 2.75) is 50.2 Å². The minimum atomic E-state index is -1.39. The van der Waals surface area contributed by atoms with E-state index in [1.807, 2.05) is 0 Å². The second kappa shape index (κ2) is 11.4. The standard InChI is InChI=1S/C16H24N6O7/c17-9(1-4-13(24)25)14(26)22-11(5-8-6-19-7-20-8)15(27)21-10(16(28)29)2-3-12(18)23/h6-7,9-11H,1-5,17H2,(H2,18,23)(H,19,20)(H,21,27)(H,22,26)(H,24,25)(H,28,29)/t9-,10-,11-/m0/s1. The Kier molecular flexibility index (Phi) is 9.25. The van der Waals surface area contributed by atoms with Crippen LogP contribution in [0.2, 0.25) is 0 Å². The number of carbonyl (C=O) groups is 5. The van der Waals surface area contributed by atoms with Crippen molar-refractivity contribution in [2.75, 3.05) is 0 Å². The van der Waals surface area contributed by atoms with Crippen molar-refractivity contribution < 1.29 is 34.2 Å². The molecule has 1 heterocycles. The number of nitrogens with two attached hydrogens (primary N) is 2. The zero-order valence-corrected chi connectivity index (χ0v) is 15.5. The zero-order valence-electron chi connectivity index (χ0n) is 15.5. The second-order valence-electron chi connectivity index (χ2n) is 6.29. The first-order chi connectivity index (χ1) is 13.6. The molecule has 0 aliphatic heterocycles. The number of carboxylic acid groups (broad SMARTS) is 2. The van der Waals surface area contributed by atoms with Gasteiger partial charge in [-0.1, -0.05) is 0 Å². The highest BCUT2D eigenvalue weighted by Gasteiger charge is 2.28. The van der Waals surface area contributed by atoms with Gasteiger partial charge < -0.3 is 37.3 Å². The number of hydrogen-bond acceptors (Lipinski definition) is 7. The van der Waals surface area contributed by atoms with E-state index in [1.165, 1.54) is 12.5 Å². The number of nitrogens with zero attached hydrogens (tertiary/aromatic N) is 1. The van der Waals surface area contributed by atoms with Crippen LogP contribution in [0.25, 0.3) is 0 Å². The van der Waals surface area contributed by atoms with E-state index in [-0.39, 0.29) is 32.1 Å². The third-order valence-electron chi connectivity index (χ3n) is 3.91. The number of aliphatic carboxylic acids is 2. The van der Waals surface area contributed by atoms with Crippen molar-refractivity contribution >= 4 is 29.7 Å². The fourth-order valence-electron chi connectivity index (χ4n) is 2.33. The van der Waals surface area contributed by atoms with E-state index in [1.54, 1.807) is 0 Å². The summed E-state index contributed by atoms with van der Waals surface area (Å²) in [7, 11) is 0. The lowest BCUT2D eigenvalue weighted by atomic mass is 10.1. The highest BCUT2D eigenvalue weighted by Crippen LogP contribution is 2.04. The van der Waals surface area contributed by atoms with Crippen molar-refractivity contribution in [1.82, 2.24) is 20.6 Å². The largest absolute Gasteiger partial charge is 0.481 e. The summed E-state index contributed by atoms with van der Waals surface area (Å²) < 4.78 is 0. The van der Waals surface area contributed by atoms with Gasteiger partial charge in [-0.15, -0.1) is 0 Å². The van der Waals surface area contributed by atoms with Crippen molar-refractivity contribution in [2.24, 2.45) is 11.5 Å². The lowest BCUT2D eigenvalue weighted by molar-refractivity contribution is -0.142. The number of nitrogens with one attached hydrogen (secondary N) is 3. The number of amides is 3. The Morgan fingerprint density at radius 2 is 1.69 bits per heavy atom. The maximum atomic E-state index is 12.6. The Morgan fingerprint density at radius 3 is 2.21 bits per heavy atom. The molecule has 0 unspecified atom stereocenters. The van der Waals surface area contributed by atoms with Crippen LogP contribution in [0.4, 0.5) is 0 Å². The summed E-state index contributed by atoms with van der Waals surface area (Å²) in [5.41, 5.74) is 11.1. The molecule has 0 aliphatic carbocycles. The number of primary amides is 1. The summed E-state index contributed by atoms with van der Waals surface area (Å²) in [5.74, 6) is -4.81. The smallest absolute Gasteiger partial charge is 0.326 e. The van der Waals surface area contributed by atoms with Crippen LogP contribution in [-0.2, 0) is 30.4 Å². The van der Waals surface area contributed by atoms with Gasteiger partial charge >= 0.3 is 11.9 Å². The zero-order chi connectivity index (χ0) is 22.0. The summed E-state index contributed by atoms with van der Waals surface area (Å²) >= 11 is 0. The van der Waals surface area contributed by atoms with E-state index >= 15 is 0 Å². The van der Waals surface area contributed by atoms with Crippen molar-refractivity contribution in [3.63, 3.8) is 0 Å². The molecule has 0 bridgehead atoms. The average Bonchev–Trinajstić information content (AvgIpc) is 3.14. The molecule has 29 heavy (non-hydrogen) atoms. The molecular weight excluding hydrogens is 388 g/mol. The predicted octanol–water partition coefficient (Wildman–Crippen LogP) is -2.54. The highest BCUT2D eigenvalue weighted by atomic mass is 16.4. The minimum absolute atomic E-state index is 0.0502. The fraction of sp³-hybridized carbons (Fsp3) is 0.500. The Morgan fingerprint density at radius 1 is 1.03 bits per heavy atom. The normalized spacial score (nSPS) is 13.7. The molecule has 0 aromatic carbocycles. The summed E-state index contributed by atoms with van der Waals surface area (Å²) in [6.07, 6.45) is 1.77. The highest BCUT2D eigenvalue weighted by molar-refractivity contribution is 5.92. The molecule has 160 valence electrons. The topological polar surface area (TPSA) is 231 Å². The Balaban J connectivity index is 2.85. The van der Waals surface area contributed by atoms with Crippen molar-refractivity contribution in [3.8, 4) is 0 Å². The molecule has 3 amide bonds. The molecular formula is C16H24N6O7. The van der Waals surface area contributed by atoms with E-state index in [9.17, 15) is 29.1 Å². The van der Waals surface area contributed by atoms with Gasteiger partial charge in [-0.2, -0.15) is 0 Å². The molecule has 0 radical (unpaired) electrons. The molecule has 3 atom stereocenters. The van der Waals surface area contributed by atoms with Crippen LogP contribution in [0.3, 0.4) is 0 Å². The predicted molar refractivity (Wildman–Crippen MR) is 97.1 cm³/mol. The molecule has 0 fully saturated rings. The Hall–Kier alpha value is -3.48. The lowest BCUT2D eigenvalue weighted by Crippen LogP contribution is -2.55. The molecule has 1 rings (SSSR count). The molecule has 1 aromatic rings. The first kappa shape index (κ1) is 23.6. The van der Waals surface area contributed by atoms with Crippen LogP contribution in [-0.4, -0.2) is 68.0 Å². The van der Waals surface area contributed by atoms with Crippen molar-refractivity contribution in [1.29, 1.82) is 0 Å². The summed E-state index contributed by atoms with van der Waals surface area (Å²) in [4.78, 5) is 64.2. The SMILES string of the molecule is NC(=O)CC[C@H](NC(=O)[C@H](Cc1cnc[nH]1)NC(=O)[C@@H](N)CCC(=O)O)C(=O)O. The van der Waals surface area contributed by atoms with Gasteiger partial charge in [0.2, 0.25) is 17.7 Å². The van der Waals surface area contributed by atoms with Crippen LogP contribution in [0.1, 0.15) is 31.4 Å². The van der Waals surface area contributed by atoms with Gasteiger partial charge in [0.05, 0.1) is 12.4 Å². The fourth-order valence-corrected chi connectivity index (χ4v) is 2.33.